The smallest absolute Gasteiger partial charge is 0.137 e. The lowest BCUT2D eigenvalue weighted by Crippen LogP contribution is -2.57. The molecule has 110 valence electrons. The minimum Gasteiger partial charge on any atom is -0.490 e. The molecule has 0 bridgehead atoms. The van der Waals surface area contributed by atoms with Crippen molar-refractivity contribution < 1.29 is 4.74 Å². The highest BCUT2D eigenvalue weighted by Gasteiger charge is 2.29. The first-order chi connectivity index (χ1) is 9.93. The van der Waals surface area contributed by atoms with Crippen LogP contribution in [0.5, 0.6) is 5.75 Å². The lowest BCUT2D eigenvalue weighted by atomic mass is 9.92. The van der Waals surface area contributed by atoms with Crippen LogP contribution in [-0.4, -0.2) is 48.2 Å². The van der Waals surface area contributed by atoms with Gasteiger partial charge in [0.2, 0.25) is 0 Å². The van der Waals surface area contributed by atoms with E-state index in [4.69, 9.17) is 4.74 Å². The zero-order valence-electron chi connectivity index (χ0n) is 12.1. The summed E-state index contributed by atoms with van der Waals surface area (Å²) < 4.78 is 5.92. The minimum absolute atomic E-state index is 0.493. The average Bonchev–Trinajstić information content (AvgIpc) is 2.55. The number of aromatic nitrogens is 1. The van der Waals surface area contributed by atoms with Gasteiger partial charge in [-0.15, -0.1) is 0 Å². The maximum absolute atomic E-state index is 5.92. The van der Waals surface area contributed by atoms with E-state index in [-0.39, 0.29) is 0 Å². The van der Waals surface area contributed by atoms with Crippen molar-refractivity contribution in [2.45, 2.75) is 44.2 Å². The van der Waals surface area contributed by atoms with Crippen LogP contribution in [0, 0.1) is 0 Å². The van der Waals surface area contributed by atoms with Crippen LogP contribution >= 0.6 is 0 Å². The highest BCUT2D eigenvalue weighted by Crippen LogP contribution is 2.25. The largest absolute Gasteiger partial charge is 0.490 e. The Balaban J connectivity index is 1.57. The lowest BCUT2D eigenvalue weighted by molar-refractivity contribution is 0.0536. The van der Waals surface area contributed by atoms with Crippen LogP contribution in [-0.2, 0) is 0 Å². The molecule has 2 heterocycles. The van der Waals surface area contributed by atoms with Gasteiger partial charge in [0.05, 0.1) is 12.2 Å². The Labute approximate surface area is 121 Å². The molecule has 2 aliphatic rings. The molecule has 4 nitrogen and oxygen atoms in total. The van der Waals surface area contributed by atoms with Gasteiger partial charge in [0, 0.05) is 31.9 Å². The topological polar surface area (TPSA) is 37.4 Å². The zero-order chi connectivity index (χ0) is 13.6. The molecule has 1 unspecified atom stereocenters. The summed E-state index contributed by atoms with van der Waals surface area (Å²) in [7, 11) is 0. The van der Waals surface area contributed by atoms with Crippen LogP contribution in [0.3, 0.4) is 0 Å². The summed E-state index contributed by atoms with van der Waals surface area (Å²) in [6, 6.07) is 5.17. The number of piperazine rings is 1. The Hall–Kier alpha value is -1.13. The standard InChI is InChI=1S/C16H25N3O/c1-2-5-14(6-3-1)19-10-9-18-11-15(19)13-20-16-7-4-8-17-12-16/h4,7-8,12,14-15,18H,1-3,5-6,9-11,13H2. The van der Waals surface area contributed by atoms with Crippen molar-refractivity contribution in [2.24, 2.45) is 0 Å². The number of nitrogens with zero attached hydrogens (tertiary/aromatic N) is 2. The van der Waals surface area contributed by atoms with E-state index in [0.29, 0.717) is 6.04 Å². The summed E-state index contributed by atoms with van der Waals surface area (Å²) in [4.78, 5) is 6.79. The van der Waals surface area contributed by atoms with Gasteiger partial charge in [-0.05, 0) is 25.0 Å². The normalized spacial score (nSPS) is 25.5. The number of rotatable bonds is 4. The molecule has 1 aliphatic heterocycles. The Morgan fingerprint density at radius 3 is 3.00 bits per heavy atom. The summed E-state index contributed by atoms with van der Waals surface area (Å²) in [5.74, 6) is 0.877. The van der Waals surface area contributed by atoms with E-state index in [9.17, 15) is 0 Å². The first kappa shape index (κ1) is 13.8. The summed E-state index contributed by atoms with van der Waals surface area (Å²) in [5.41, 5.74) is 0. The molecule has 1 N–H and O–H groups in total. The van der Waals surface area contributed by atoms with Gasteiger partial charge in [0.15, 0.2) is 0 Å². The molecule has 1 aromatic rings. The molecule has 1 saturated heterocycles. The van der Waals surface area contributed by atoms with Gasteiger partial charge in [0.1, 0.15) is 12.4 Å². The molecule has 1 saturated carbocycles. The van der Waals surface area contributed by atoms with E-state index in [1.54, 1.807) is 12.4 Å². The van der Waals surface area contributed by atoms with Crippen molar-refractivity contribution in [2.75, 3.05) is 26.2 Å². The predicted octanol–water partition coefficient (Wildman–Crippen LogP) is 2.07. The number of nitrogens with one attached hydrogen (secondary N) is 1. The molecule has 2 fully saturated rings. The number of hydrogen-bond acceptors (Lipinski definition) is 4. The summed E-state index contributed by atoms with van der Waals surface area (Å²) >= 11 is 0. The van der Waals surface area contributed by atoms with Gasteiger partial charge < -0.3 is 10.1 Å². The van der Waals surface area contributed by atoms with Gasteiger partial charge in [-0.3, -0.25) is 9.88 Å². The fourth-order valence-corrected chi connectivity index (χ4v) is 3.45. The Morgan fingerprint density at radius 2 is 2.20 bits per heavy atom. The van der Waals surface area contributed by atoms with Crippen LogP contribution in [0.2, 0.25) is 0 Å². The first-order valence-corrected chi connectivity index (χ1v) is 7.93. The van der Waals surface area contributed by atoms with Crippen molar-refractivity contribution in [1.29, 1.82) is 0 Å². The second kappa shape index (κ2) is 7.04. The fraction of sp³-hybridized carbons (Fsp3) is 0.688. The number of pyridine rings is 1. The van der Waals surface area contributed by atoms with Crippen molar-refractivity contribution in [3.63, 3.8) is 0 Å². The molecular weight excluding hydrogens is 250 g/mol. The molecule has 3 rings (SSSR count). The van der Waals surface area contributed by atoms with E-state index in [0.717, 1.165) is 38.0 Å². The van der Waals surface area contributed by atoms with E-state index < -0.39 is 0 Å². The predicted molar refractivity (Wildman–Crippen MR) is 80.0 cm³/mol. The van der Waals surface area contributed by atoms with Gasteiger partial charge >= 0.3 is 0 Å². The second-order valence-corrected chi connectivity index (χ2v) is 5.89. The van der Waals surface area contributed by atoms with Crippen molar-refractivity contribution in [3.05, 3.63) is 24.5 Å². The van der Waals surface area contributed by atoms with Gasteiger partial charge in [-0.25, -0.2) is 0 Å². The molecular formula is C16H25N3O. The Kier molecular flexibility index (Phi) is 4.87. The van der Waals surface area contributed by atoms with Crippen molar-refractivity contribution in [1.82, 2.24) is 15.2 Å². The highest BCUT2D eigenvalue weighted by molar-refractivity contribution is 5.15. The lowest BCUT2D eigenvalue weighted by Gasteiger charge is -2.42. The molecule has 0 amide bonds. The maximum Gasteiger partial charge on any atom is 0.137 e. The van der Waals surface area contributed by atoms with Crippen LogP contribution in [0.25, 0.3) is 0 Å². The third-order valence-corrected chi connectivity index (χ3v) is 4.52. The molecule has 0 spiro atoms. The van der Waals surface area contributed by atoms with Gasteiger partial charge in [-0.1, -0.05) is 19.3 Å². The molecule has 0 radical (unpaired) electrons. The van der Waals surface area contributed by atoms with E-state index in [2.05, 4.69) is 15.2 Å². The average molecular weight is 275 g/mol. The number of hydrogen-bond donors (Lipinski definition) is 1. The summed E-state index contributed by atoms with van der Waals surface area (Å²) in [5, 5.41) is 3.50. The third-order valence-electron chi connectivity index (χ3n) is 4.52. The maximum atomic E-state index is 5.92. The second-order valence-electron chi connectivity index (χ2n) is 5.89. The van der Waals surface area contributed by atoms with Gasteiger partial charge in [-0.2, -0.15) is 0 Å². The molecule has 1 aromatic heterocycles. The fourth-order valence-electron chi connectivity index (χ4n) is 3.45. The molecule has 4 heteroatoms. The Morgan fingerprint density at radius 1 is 1.30 bits per heavy atom. The monoisotopic (exact) mass is 275 g/mol. The zero-order valence-corrected chi connectivity index (χ0v) is 12.1. The van der Waals surface area contributed by atoms with Crippen LogP contribution in [0.4, 0.5) is 0 Å². The minimum atomic E-state index is 0.493. The third kappa shape index (κ3) is 3.49. The molecule has 1 atom stereocenters. The van der Waals surface area contributed by atoms with Gasteiger partial charge in [0.25, 0.3) is 0 Å². The Bertz CT molecular complexity index is 392. The van der Waals surface area contributed by atoms with E-state index in [1.807, 2.05) is 12.1 Å². The summed E-state index contributed by atoms with van der Waals surface area (Å²) in [6.07, 6.45) is 10.5. The quantitative estimate of drug-likeness (QED) is 0.913. The van der Waals surface area contributed by atoms with Crippen LogP contribution < -0.4 is 10.1 Å². The van der Waals surface area contributed by atoms with Crippen molar-refractivity contribution >= 4 is 0 Å². The van der Waals surface area contributed by atoms with Crippen molar-refractivity contribution in [3.8, 4) is 5.75 Å². The SMILES string of the molecule is c1cncc(OCC2CNCCN2C2CCCCC2)c1. The molecule has 0 aromatic carbocycles. The van der Waals surface area contributed by atoms with E-state index in [1.165, 1.54) is 32.1 Å². The number of ether oxygens (including phenoxy) is 1. The van der Waals surface area contributed by atoms with Crippen LogP contribution in [0.1, 0.15) is 32.1 Å². The summed E-state index contributed by atoms with van der Waals surface area (Å²) in [6.45, 7) is 4.07. The molecule has 1 aliphatic carbocycles. The highest BCUT2D eigenvalue weighted by atomic mass is 16.5. The van der Waals surface area contributed by atoms with E-state index >= 15 is 0 Å². The molecule has 20 heavy (non-hydrogen) atoms. The first-order valence-electron chi connectivity index (χ1n) is 7.93. The van der Waals surface area contributed by atoms with Crippen LogP contribution in [0.15, 0.2) is 24.5 Å².